The predicted octanol–water partition coefficient (Wildman–Crippen LogP) is 4.55. The number of aliphatic hydroxyl groups is 1. The van der Waals surface area contributed by atoms with E-state index in [1.54, 1.807) is 6.20 Å². The van der Waals surface area contributed by atoms with Gasteiger partial charge in [0.2, 0.25) is 0 Å². The second-order valence-corrected chi connectivity index (χ2v) is 6.63. The van der Waals surface area contributed by atoms with Crippen molar-refractivity contribution in [3.8, 4) is 11.1 Å². The van der Waals surface area contributed by atoms with Crippen LogP contribution >= 0.6 is 0 Å². The summed E-state index contributed by atoms with van der Waals surface area (Å²) in [6, 6.07) is 22.1. The molecule has 2 aromatic carbocycles. The van der Waals surface area contributed by atoms with Gasteiger partial charge in [-0.1, -0.05) is 67.6 Å². The molecule has 0 aliphatic carbocycles. The smallest absolute Gasteiger partial charge is 0.137 e. The number of aromatic nitrogens is 1. The Morgan fingerprint density at radius 1 is 0.923 bits per heavy atom. The number of rotatable bonds is 7. The number of pyridine rings is 1. The van der Waals surface area contributed by atoms with Crippen LogP contribution < -0.4 is 0 Å². The van der Waals surface area contributed by atoms with Crippen molar-refractivity contribution in [1.82, 2.24) is 4.98 Å². The number of hydrogen-bond donors (Lipinski definition) is 1. The van der Waals surface area contributed by atoms with Crippen LogP contribution in [0.1, 0.15) is 36.1 Å². The van der Waals surface area contributed by atoms with Gasteiger partial charge in [-0.3, -0.25) is 9.78 Å². The second kappa shape index (κ2) is 8.54. The fourth-order valence-electron chi connectivity index (χ4n) is 3.01. The minimum absolute atomic E-state index is 0.0143. The van der Waals surface area contributed by atoms with Crippen molar-refractivity contribution in [3.05, 3.63) is 89.7 Å². The topological polar surface area (TPSA) is 50.2 Å². The lowest BCUT2D eigenvalue weighted by Gasteiger charge is -2.11. The fourth-order valence-corrected chi connectivity index (χ4v) is 3.01. The molecule has 0 radical (unpaired) electrons. The van der Waals surface area contributed by atoms with Gasteiger partial charge in [0.15, 0.2) is 0 Å². The Bertz CT molecular complexity index is 840. The second-order valence-electron chi connectivity index (χ2n) is 6.63. The number of benzene rings is 2. The Hall–Kier alpha value is -2.78. The van der Waals surface area contributed by atoms with Crippen molar-refractivity contribution in [2.24, 2.45) is 0 Å². The number of aliphatic hydroxyl groups excluding tert-OH is 1. The third-order valence-corrected chi connectivity index (χ3v) is 4.53. The maximum absolute atomic E-state index is 12.4. The first-order chi connectivity index (χ1) is 12.7. The number of carbonyl (C=O) groups is 1. The van der Waals surface area contributed by atoms with E-state index in [9.17, 15) is 4.79 Å². The molecule has 3 heteroatoms. The molecule has 26 heavy (non-hydrogen) atoms. The predicted molar refractivity (Wildman–Crippen MR) is 104 cm³/mol. The summed E-state index contributed by atoms with van der Waals surface area (Å²) in [5.41, 5.74) is 5.03. The molecule has 0 aliphatic rings. The Balaban J connectivity index is 1.59. The minimum atomic E-state index is -0.0143. The number of carbonyl (C=O) groups excluding carboxylic acids is 1. The van der Waals surface area contributed by atoms with E-state index in [2.05, 4.69) is 29.2 Å². The van der Waals surface area contributed by atoms with Crippen LogP contribution in [0.4, 0.5) is 0 Å². The Morgan fingerprint density at radius 2 is 1.58 bits per heavy atom. The van der Waals surface area contributed by atoms with Crippen molar-refractivity contribution in [2.45, 2.75) is 32.3 Å². The average Bonchev–Trinajstić information content (AvgIpc) is 2.69. The van der Waals surface area contributed by atoms with Gasteiger partial charge >= 0.3 is 0 Å². The quantitative estimate of drug-likeness (QED) is 0.683. The largest absolute Gasteiger partial charge is 0.392 e. The van der Waals surface area contributed by atoms with Crippen LogP contribution in [0, 0.1) is 0 Å². The van der Waals surface area contributed by atoms with E-state index < -0.39 is 0 Å². The van der Waals surface area contributed by atoms with E-state index in [-0.39, 0.29) is 18.3 Å². The summed E-state index contributed by atoms with van der Waals surface area (Å²) >= 11 is 0. The van der Waals surface area contributed by atoms with Crippen molar-refractivity contribution in [3.63, 3.8) is 0 Å². The van der Waals surface area contributed by atoms with Gasteiger partial charge in [-0.05, 0) is 28.3 Å². The van der Waals surface area contributed by atoms with E-state index in [1.165, 1.54) is 5.56 Å². The molecule has 0 amide bonds. The molecule has 0 saturated carbocycles. The molecule has 3 aromatic rings. The summed E-state index contributed by atoms with van der Waals surface area (Å²) in [6.07, 6.45) is 2.57. The van der Waals surface area contributed by atoms with Crippen molar-refractivity contribution < 1.29 is 9.90 Å². The highest BCUT2D eigenvalue weighted by molar-refractivity contribution is 5.81. The maximum Gasteiger partial charge on any atom is 0.137 e. The normalized spacial score (nSPS) is 11.9. The molecule has 0 unspecified atom stereocenters. The molecule has 1 aromatic heterocycles. The number of hydrogen-bond acceptors (Lipinski definition) is 3. The molecule has 1 atom stereocenters. The zero-order valence-electron chi connectivity index (χ0n) is 14.9. The number of ketones is 1. The van der Waals surface area contributed by atoms with Crippen LogP contribution in [0.5, 0.6) is 0 Å². The van der Waals surface area contributed by atoms with Crippen LogP contribution in [-0.4, -0.2) is 15.9 Å². The summed E-state index contributed by atoms with van der Waals surface area (Å²) in [5, 5.41) is 9.07. The summed E-state index contributed by atoms with van der Waals surface area (Å²) < 4.78 is 0. The van der Waals surface area contributed by atoms with E-state index in [0.717, 1.165) is 22.4 Å². The standard InChI is InChI=1S/C23H23NO2/c1-17(23-12-9-19(16-25)15-24-23)13-22(26)14-18-7-10-21(11-8-18)20-5-3-2-4-6-20/h2-12,15,17,25H,13-14,16H2,1H3/t17-/m0/s1. The minimum Gasteiger partial charge on any atom is -0.392 e. The highest BCUT2D eigenvalue weighted by Crippen LogP contribution is 2.21. The zero-order valence-corrected chi connectivity index (χ0v) is 14.9. The molecule has 0 bridgehead atoms. The first kappa shape index (κ1) is 18.0. The molecule has 1 heterocycles. The van der Waals surface area contributed by atoms with Gasteiger partial charge in [0, 0.05) is 30.7 Å². The van der Waals surface area contributed by atoms with Gasteiger partial charge in [-0.15, -0.1) is 0 Å². The van der Waals surface area contributed by atoms with E-state index in [1.807, 2.05) is 49.4 Å². The van der Waals surface area contributed by atoms with Crippen LogP contribution in [0.3, 0.4) is 0 Å². The number of Topliss-reactive ketones (excluding diaryl/α,β-unsaturated/α-hetero) is 1. The molecule has 132 valence electrons. The van der Waals surface area contributed by atoms with Gasteiger partial charge in [0.1, 0.15) is 5.78 Å². The van der Waals surface area contributed by atoms with Crippen LogP contribution in [-0.2, 0) is 17.8 Å². The van der Waals surface area contributed by atoms with Crippen LogP contribution in [0.25, 0.3) is 11.1 Å². The zero-order chi connectivity index (χ0) is 18.4. The Labute approximate surface area is 154 Å². The lowest BCUT2D eigenvalue weighted by molar-refractivity contribution is -0.118. The third-order valence-electron chi connectivity index (χ3n) is 4.53. The first-order valence-corrected chi connectivity index (χ1v) is 8.87. The summed E-state index contributed by atoms with van der Waals surface area (Å²) in [7, 11) is 0. The van der Waals surface area contributed by atoms with E-state index in [0.29, 0.717) is 12.8 Å². The Kier molecular flexibility index (Phi) is 5.92. The molecule has 1 N–H and O–H groups in total. The molecule has 0 fully saturated rings. The molecule has 3 nitrogen and oxygen atoms in total. The molecule has 0 saturated heterocycles. The van der Waals surface area contributed by atoms with E-state index >= 15 is 0 Å². The van der Waals surface area contributed by atoms with Gasteiger partial charge < -0.3 is 5.11 Å². The van der Waals surface area contributed by atoms with Crippen LogP contribution in [0.15, 0.2) is 72.9 Å². The molecule has 0 aliphatic heterocycles. The van der Waals surface area contributed by atoms with Crippen molar-refractivity contribution >= 4 is 5.78 Å². The molecule has 3 rings (SSSR count). The van der Waals surface area contributed by atoms with Gasteiger partial charge in [-0.25, -0.2) is 0 Å². The third kappa shape index (κ3) is 4.64. The first-order valence-electron chi connectivity index (χ1n) is 8.87. The molecular weight excluding hydrogens is 322 g/mol. The van der Waals surface area contributed by atoms with Gasteiger partial charge in [-0.2, -0.15) is 0 Å². The Morgan fingerprint density at radius 3 is 2.19 bits per heavy atom. The summed E-state index contributed by atoms with van der Waals surface area (Å²) in [4.78, 5) is 16.7. The lowest BCUT2D eigenvalue weighted by atomic mass is 9.95. The van der Waals surface area contributed by atoms with E-state index in [4.69, 9.17) is 5.11 Å². The monoisotopic (exact) mass is 345 g/mol. The van der Waals surface area contributed by atoms with Crippen molar-refractivity contribution in [2.75, 3.05) is 0 Å². The lowest BCUT2D eigenvalue weighted by Crippen LogP contribution is -2.08. The van der Waals surface area contributed by atoms with Crippen molar-refractivity contribution in [1.29, 1.82) is 0 Å². The fraction of sp³-hybridized carbons (Fsp3) is 0.217. The van der Waals surface area contributed by atoms with Gasteiger partial charge in [0.05, 0.1) is 6.61 Å². The average molecular weight is 345 g/mol. The molecular formula is C23H23NO2. The SMILES string of the molecule is C[C@@H](CC(=O)Cc1ccc(-c2ccccc2)cc1)c1ccc(CO)cn1. The van der Waals surface area contributed by atoms with Crippen LogP contribution in [0.2, 0.25) is 0 Å². The summed E-state index contributed by atoms with van der Waals surface area (Å²) in [6.45, 7) is 2.00. The maximum atomic E-state index is 12.4. The molecule has 0 spiro atoms. The highest BCUT2D eigenvalue weighted by atomic mass is 16.3. The number of nitrogens with zero attached hydrogens (tertiary/aromatic N) is 1. The van der Waals surface area contributed by atoms with Gasteiger partial charge in [0.25, 0.3) is 0 Å². The summed E-state index contributed by atoms with van der Waals surface area (Å²) in [5.74, 6) is 0.275. The highest BCUT2D eigenvalue weighted by Gasteiger charge is 2.13.